The van der Waals surface area contributed by atoms with Crippen molar-refractivity contribution in [3.8, 4) is 11.8 Å². The Hall–Kier alpha value is -2.04. The van der Waals surface area contributed by atoms with Gasteiger partial charge in [-0.25, -0.2) is 0 Å². The Labute approximate surface area is 121 Å². The molecule has 0 radical (unpaired) electrons. The van der Waals surface area contributed by atoms with E-state index < -0.39 is 6.10 Å². The Morgan fingerprint density at radius 2 is 1.70 bits per heavy atom. The van der Waals surface area contributed by atoms with Gasteiger partial charge in [-0.1, -0.05) is 67.6 Å². The fourth-order valence-electron chi connectivity index (χ4n) is 2.01. The fourth-order valence-corrected chi connectivity index (χ4v) is 2.01. The number of unbranched alkanes of at least 4 members (excludes halogenated alkanes) is 1. The van der Waals surface area contributed by atoms with Crippen molar-refractivity contribution in [1.29, 1.82) is 0 Å². The molecule has 0 fully saturated rings. The molecule has 0 aliphatic carbocycles. The summed E-state index contributed by atoms with van der Waals surface area (Å²) >= 11 is 0. The molecule has 102 valence electrons. The molecule has 0 heterocycles. The number of aliphatic hydroxyl groups is 1. The molecule has 0 aromatic heterocycles. The first-order valence-corrected chi connectivity index (χ1v) is 7.13. The van der Waals surface area contributed by atoms with Gasteiger partial charge in [0.15, 0.2) is 0 Å². The summed E-state index contributed by atoms with van der Waals surface area (Å²) in [6.45, 7) is 2.20. The van der Waals surface area contributed by atoms with E-state index in [1.807, 2.05) is 42.5 Å². The zero-order valence-electron chi connectivity index (χ0n) is 11.8. The first-order chi connectivity index (χ1) is 9.79. The van der Waals surface area contributed by atoms with Crippen LogP contribution in [0.25, 0.3) is 0 Å². The van der Waals surface area contributed by atoms with Crippen molar-refractivity contribution < 1.29 is 5.11 Å². The van der Waals surface area contributed by atoms with Gasteiger partial charge in [0.2, 0.25) is 0 Å². The zero-order chi connectivity index (χ0) is 14.2. The highest BCUT2D eigenvalue weighted by atomic mass is 16.3. The molecule has 20 heavy (non-hydrogen) atoms. The Morgan fingerprint density at radius 3 is 2.35 bits per heavy atom. The summed E-state index contributed by atoms with van der Waals surface area (Å²) in [7, 11) is 0. The standard InChI is InChI=1S/C19H20O/c1-2-3-7-16-10-12-17(13-11-16)14-15-19(20)18-8-5-4-6-9-18/h4-6,8-13,19-20H,2-3,7H2,1H3/t19-/m0/s1. The Bertz CT molecular complexity index is 573. The molecule has 0 aliphatic heterocycles. The molecule has 0 unspecified atom stereocenters. The molecule has 0 spiro atoms. The van der Waals surface area contributed by atoms with Gasteiger partial charge in [0.05, 0.1) is 0 Å². The van der Waals surface area contributed by atoms with Crippen molar-refractivity contribution >= 4 is 0 Å². The van der Waals surface area contributed by atoms with Gasteiger partial charge in [0.25, 0.3) is 0 Å². The number of hydrogen-bond donors (Lipinski definition) is 1. The number of rotatable bonds is 4. The maximum atomic E-state index is 9.98. The van der Waals surface area contributed by atoms with Crippen molar-refractivity contribution in [2.75, 3.05) is 0 Å². The number of hydrogen-bond acceptors (Lipinski definition) is 1. The lowest BCUT2D eigenvalue weighted by Crippen LogP contribution is -1.92. The number of aryl methyl sites for hydroxylation is 1. The van der Waals surface area contributed by atoms with Crippen LogP contribution in [0.4, 0.5) is 0 Å². The van der Waals surface area contributed by atoms with Crippen molar-refractivity contribution in [1.82, 2.24) is 0 Å². The third-order valence-corrected chi connectivity index (χ3v) is 3.24. The van der Waals surface area contributed by atoms with Crippen LogP contribution in [0, 0.1) is 11.8 Å². The summed E-state index contributed by atoms with van der Waals surface area (Å²) in [5.74, 6) is 5.91. The highest BCUT2D eigenvalue weighted by molar-refractivity contribution is 5.38. The lowest BCUT2D eigenvalue weighted by molar-refractivity contribution is 0.238. The molecule has 0 bridgehead atoms. The lowest BCUT2D eigenvalue weighted by Gasteiger charge is -2.02. The Balaban J connectivity index is 2.02. The summed E-state index contributed by atoms with van der Waals surface area (Å²) < 4.78 is 0. The van der Waals surface area contributed by atoms with Gasteiger partial charge in [0, 0.05) is 5.56 Å². The molecule has 1 heteroatoms. The molecule has 1 N–H and O–H groups in total. The van der Waals surface area contributed by atoms with Crippen molar-refractivity contribution in [2.45, 2.75) is 32.3 Å². The predicted molar refractivity (Wildman–Crippen MR) is 83.3 cm³/mol. The first-order valence-electron chi connectivity index (χ1n) is 7.13. The zero-order valence-corrected chi connectivity index (χ0v) is 11.8. The average Bonchev–Trinajstić information content (AvgIpc) is 2.52. The van der Waals surface area contributed by atoms with Crippen molar-refractivity contribution in [3.63, 3.8) is 0 Å². The summed E-state index contributed by atoms with van der Waals surface area (Å²) in [6, 6.07) is 17.8. The minimum absolute atomic E-state index is 0.726. The fraction of sp³-hybridized carbons (Fsp3) is 0.263. The molecule has 1 nitrogen and oxygen atoms in total. The van der Waals surface area contributed by atoms with Crippen LogP contribution in [0.5, 0.6) is 0 Å². The van der Waals surface area contributed by atoms with Gasteiger partial charge in [-0.3, -0.25) is 0 Å². The van der Waals surface area contributed by atoms with Gasteiger partial charge in [0.1, 0.15) is 6.10 Å². The van der Waals surface area contributed by atoms with E-state index >= 15 is 0 Å². The van der Waals surface area contributed by atoms with E-state index in [0.717, 1.165) is 17.5 Å². The second kappa shape index (κ2) is 7.53. The topological polar surface area (TPSA) is 20.2 Å². The lowest BCUT2D eigenvalue weighted by atomic mass is 10.1. The van der Waals surface area contributed by atoms with Crippen LogP contribution in [0.2, 0.25) is 0 Å². The maximum Gasteiger partial charge on any atom is 0.140 e. The van der Waals surface area contributed by atoms with Gasteiger partial charge < -0.3 is 5.11 Å². The number of benzene rings is 2. The Kier molecular flexibility index (Phi) is 5.41. The monoisotopic (exact) mass is 264 g/mol. The minimum Gasteiger partial charge on any atom is -0.376 e. The summed E-state index contributed by atoms with van der Waals surface area (Å²) in [4.78, 5) is 0. The van der Waals surface area contributed by atoms with E-state index in [2.05, 4.69) is 30.9 Å². The summed E-state index contributed by atoms with van der Waals surface area (Å²) in [5.41, 5.74) is 3.13. The molecule has 0 saturated heterocycles. The molecule has 2 aromatic carbocycles. The van der Waals surface area contributed by atoms with Gasteiger partial charge in [-0.05, 0) is 36.1 Å². The molecule has 0 saturated carbocycles. The van der Waals surface area contributed by atoms with Crippen LogP contribution >= 0.6 is 0 Å². The van der Waals surface area contributed by atoms with E-state index in [4.69, 9.17) is 0 Å². The molecular weight excluding hydrogens is 244 g/mol. The predicted octanol–water partition coefficient (Wildman–Crippen LogP) is 4.11. The largest absolute Gasteiger partial charge is 0.376 e. The van der Waals surface area contributed by atoms with Crippen molar-refractivity contribution in [2.24, 2.45) is 0 Å². The van der Waals surface area contributed by atoms with E-state index in [0.29, 0.717) is 0 Å². The van der Waals surface area contributed by atoms with Gasteiger partial charge in [-0.2, -0.15) is 0 Å². The second-order valence-electron chi connectivity index (χ2n) is 4.88. The SMILES string of the molecule is CCCCc1ccc(C#C[C@H](O)c2ccccc2)cc1. The molecule has 1 atom stereocenters. The third-order valence-electron chi connectivity index (χ3n) is 3.24. The molecule has 2 aromatic rings. The third kappa shape index (κ3) is 4.26. The average molecular weight is 264 g/mol. The van der Waals surface area contributed by atoms with E-state index in [9.17, 15) is 5.11 Å². The minimum atomic E-state index is -0.726. The van der Waals surface area contributed by atoms with E-state index in [-0.39, 0.29) is 0 Å². The van der Waals surface area contributed by atoms with Crippen LogP contribution in [-0.2, 0) is 6.42 Å². The second-order valence-corrected chi connectivity index (χ2v) is 4.88. The van der Waals surface area contributed by atoms with Crippen LogP contribution in [-0.4, -0.2) is 5.11 Å². The maximum absolute atomic E-state index is 9.98. The number of aliphatic hydroxyl groups excluding tert-OH is 1. The molecule has 0 aliphatic rings. The highest BCUT2D eigenvalue weighted by Crippen LogP contribution is 2.11. The van der Waals surface area contributed by atoms with Crippen LogP contribution in [0.1, 0.15) is 42.6 Å². The van der Waals surface area contributed by atoms with Gasteiger partial charge >= 0.3 is 0 Å². The molecule has 0 amide bonds. The first kappa shape index (κ1) is 14.4. The normalized spacial score (nSPS) is 11.5. The van der Waals surface area contributed by atoms with Crippen molar-refractivity contribution in [3.05, 3.63) is 71.3 Å². The van der Waals surface area contributed by atoms with E-state index in [1.165, 1.54) is 18.4 Å². The summed E-state index contributed by atoms with van der Waals surface area (Å²) in [6.07, 6.45) is 2.83. The van der Waals surface area contributed by atoms with Crippen LogP contribution in [0.3, 0.4) is 0 Å². The smallest absolute Gasteiger partial charge is 0.140 e. The van der Waals surface area contributed by atoms with E-state index in [1.54, 1.807) is 0 Å². The molecular formula is C19H20O. The Morgan fingerprint density at radius 1 is 1.00 bits per heavy atom. The van der Waals surface area contributed by atoms with Gasteiger partial charge in [-0.15, -0.1) is 0 Å². The quantitative estimate of drug-likeness (QED) is 0.824. The van der Waals surface area contributed by atoms with Crippen LogP contribution < -0.4 is 0 Å². The summed E-state index contributed by atoms with van der Waals surface area (Å²) in [5, 5.41) is 9.98. The highest BCUT2D eigenvalue weighted by Gasteiger charge is 2.01. The molecule has 2 rings (SSSR count). The van der Waals surface area contributed by atoms with Crippen LogP contribution in [0.15, 0.2) is 54.6 Å².